The first kappa shape index (κ1) is 10.6. The van der Waals surface area contributed by atoms with Crippen molar-refractivity contribution in [2.24, 2.45) is 5.92 Å². The van der Waals surface area contributed by atoms with E-state index in [1.54, 1.807) is 6.08 Å². The van der Waals surface area contributed by atoms with Gasteiger partial charge in [-0.15, -0.1) is 0 Å². The monoisotopic (exact) mass is 228 g/mol. The van der Waals surface area contributed by atoms with Crippen molar-refractivity contribution in [2.75, 3.05) is 6.61 Å². The first-order valence-corrected chi connectivity index (χ1v) is 6.27. The second-order valence-corrected chi connectivity index (χ2v) is 4.83. The van der Waals surface area contributed by atoms with Gasteiger partial charge >= 0.3 is 0 Å². The highest BCUT2D eigenvalue weighted by Crippen LogP contribution is 2.42. The fraction of sp³-hybridized carbons (Fsp3) is 0.400. The Labute approximate surface area is 101 Å². The first-order valence-electron chi connectivity index (χ1n) is 6.27. The molecule has 0 bridgehead atoms. The van der Waals surface area contributed by atoms with E-state index in [1.165, 1.54) is 5.56 Å². The molecule has 0 spiro atoms. The molecule has 88 valence electrons. The number of allylic oxidation sites excluding steroid dienone is 2. The van der Waals surface area contributed by atoms with Gasteiger partial charge in [-0.25, -0.2) is 0 Å². The van der Waals surface area contributed by atoms with E-state index in [0.717, 1.165) is 25.2 Å². The van der Waals surface area contributed by atoms with Gasteiger partial charge in [-0.05, 0) is 24.3 Å². The molecule has 0 unspecified atom stereocenters. The smallest absolute Gasteiger partial charge is 0.159 e. The molecule has 1 aliphatic carbocycles. The topological polar surface area (TPSA) is 26.3 Å². The summed E-state index contributed by atoms with van der Waals surface area (Å²) in [6.45, 7) is 0.749. The summed E-state index contributed by atoms with van der Waals surface area (Å²) >= 11 is 0. The van der Waals surface area contributed by atoms with E-state index in [-0.39, 0.29) is 11.7 Å². The van der Waals surface area contributed by atoms with Gasteiger partial charge in [-0.1, -0.05) is 30.3 Å². The fourth-order valence-corrected chi connectivity index (χ4v) is 2.92. The molecule has 0 radical (unpaired) electrons. The second-order valence-electron chi connectivity index (χ2n) is 4.83. The van der Waals surface area contributed by atoms with Crippen LogP contribution in [0.2, 0.25) is 0 Å². The molecule has 1 aromatic rings. The van der Waals surface area contributed by atoms with Gasteiger partial charge in [-0.2, -0.15) is 0 Å². The molecule has 2 nitrogen and oxygen atoms in total. The van der Waals surface area contributed by atoms with Crippen LogP contribution in [-0.2, 0) is 9.53 Å². The third-order valence-electron chi connectivity index (χ3n) is 3.73. The quantitative estimate of drug-likeness (QED) is 0.738. The number of hydrogen-bond donors (Lipinski definition) is 0. The van der Waals surface area contributed by atoms with E-state index >= 15 is 0 Å². The summed E-state index contributed by atoms with van der Waals surface area (Å²) in [6.07, 6.45) is 4.50. The average molecular weight is 228 g/mol. The Morgan fingerprint density at radius 3 is 2.76 bits per heavy atom. The van der Waals surface area contributed by atoms with Gasteiger partial charge in [0.2, 0.25) is 0 Å². The molecule has 0 N–H and O–H groups in total. The summed E-state index contributed by atoms with van der Waals surface area (Å²) in [4.78, 5) is 11.5. The Kier molecular flexibility index (Phi) is 2.71. The predicted octanol–water partition coefficient (Wildman–Crippen LogP) is 3.05. The molecule has 1 heterocycles. The van der Waals surface area contributed by atoms with Crippen LogP contribution in [0.3, 0.4) is 0 Å². The molecular weight excluding hydrogens is 212 g/mol. The lowest BCUT2D eigenvalue weighted by molar-refractivity contribution is -0.114. The van der Waals surface area contributed by atoms with Gasteiger partial charge in [0.1, 0.15) is 5.76 Å². The van der Waals surface area contributed by atoms with Crippen LogP contribution in [0.1, 0.15) is 30.7 Å². The van der Waals surface area contributed by atoms with Crippen molar-refractivity contribution in [3.63, 3.8) is 0 Å². The number of hydrogen-bond acceptors (Lipinski definition) is 2. The Hall–Kier alpha value is -1.57. The third kappa shape index (κ3) is 1.99. The molecule has 0 saturated carbocycles. The molecule has 2 atom stereocenters. The number of carbonyl (C=O) groups is 1. The van der Waals surface area contributed by atoms with Gasteiger partial charge in [0, 0.05) is 18.4 Å². The van der Waals surface area contributed by atoms with Crippen molar-refractivity contribution < 1.29 is 9.53 Å². The molecule has 17 heavy (non-hydrogen) atoms. The number of carbonyl (C=O) groups excluding carboxylic acids is 1. The van der Waals surface area contributed by atoms with E-state index in [1.807, 2.05) is 6.07 Å². The lowest BCUT2D eigenvalue weighted by atomic mass is 9.82. The maximum atomic E-state index is 11.5. The number of fused-ring (bicyclic) bond motifs is 1. The SMILES string of the molecule is O=C1C=C2OCCC[C@H](c3ccccc3)[C@H]2C1. The van der Waals surface area contributed by atoms with Crippen LogP contribution in [0.25, 0.3) is 0 Å². The van der Waals surface area contributed by atoms with E-state index < -0.39 is 0 Å². The molecule has 1 aliphatic heterocycles. The molecule has 3 rings (SSSR count). The van der Waals surface area contributed by atoms with Crippen LogP contribution < -0.4 is 0 Å². The first-order chi connectivity index (χ1) is 8.34. The molecule has 0 aromatic heterocycles. The van der Waals surface area contributed by atoms with Gasteiger partial charge in [0.15, 0.2) is 5.78 Å². The Balaban J connectivity index is 1.93. The summed E-state index contributed by atoms with van der Waals surface area (Å²) in [5.74, 6) is 1.85. The third-order valence-corrected chi connectivity index (χ3v) is 3.73. The Bertz CT molecular complexity index is 447. The van der Waals surface area contributed by atoms with Gasteiger partial charge < -0.3 is 4.74 Å². The van der Waals surface area contributed by atoms with E-state index in [2.05, 4.69) is 24.3 Å². The van der Waals surface area contributed by atoms with Crippen LogP contribution in [0, 0.1) is 5.92 Å². The maximum Gasteiger partial charge on any atom is 0.159 e. The summed E-state index contributed by atoms with van der Waals surface area (Å²) in [6, 6.07) is 10.5. The fourth-order valence-electron chi connectivity index (χ4n) is 2.92. The minimum Gasteiger partial charge on any atom is -0.497 e. The lowest BCUT2D eigenvalue weighted by Gasteiger charge is -2.22. The van der Waals surface area contributed by atoms with Crippen LogP contribution in [0.4, 0.5) is 0 Å². The van der Waals surface area contributed by atoms with Gasteiger partial charge in [0.25, 0.3) is 0 Å². The van der Waals surface area contributed by atoms with Crippen LogP contribution >= 0.6 is 0 Å². The van der Waals surface area contributed by atoms with Gasteiger partial charge in [-0.3, -0.25) is 4.79 Å². The Morgan fingerprint density at radius 1 is 1.12 bits per heavy atom. The lowest BCUT2D eigenvalue weighted by Crippen LogP contribution is -2.12. The highest BCUT2D eigenvalue weighted by molar-refractivity contribution is 5.93. The zero-order valence-corrected chi connectivity index (χ0v) is 9.76. The van der Waals surface area contributed by atoms with E-state index in [0.29, 0.717) is 12.3 Å². The minimum atomic E-state index is 0.216. The second kappa shape index (κ2) is 4.36. The highest BCUT2D eigenvalue weighted by atomic mass is 16.5. The standard InChI is InChI=1S/C15H16O2/c16-12-9-14-13(11-5-2-1-3-6-11)7-4-8-17-15(14)10-12/h1-3,5-6,10,13-14H,4,7-9H2/t13-,14-/m1/s1. The van der Waals surface area contributed by atoms with Crippen molar-refractivity contribution in [2.45, 2.75) is 25.2 Å². The maximum absolute atomic E-state index is 11.5. The predicted molar refractivity (Wildman–Crippen MR) is 65.6 cm³/mol. The van der Waals surface area contributed by atoms with Crippen molar-refractivity contribution >= 4 is 5.78 Å². The van der Waals surface area contributed by atoms with E-state index in [9.17, 15) is 4.79 Å². The summed E-state index contributed by atoms with van der Waals surface area (Å²) in [5.41, 5.74) is 1.34. The van der Waals surface area contributed by atoms with Crippen LogP contribution in [-0.4, -0.2) is 12.4 Å². The molecular formula is C15H16O2. The number of rotatable bonds is 1. The Morgan fingerprint density at radius 2 is 1.94 bits per heavy atom. The van der Waals surface area contributed by atoms with E-state index in [4.69, 9.17) is 4.74 Å². The highest BCUT2D eigenvalue weighted by Gasteiger charge is 2.35. The van der Waals surface area contributed by atoms with Crippen molar-refractivity contribution in [3.8, 4) is 0 Å². The van der Waals surface area contributed by atoms with Crippen LogP contribution in [0.5, 0.6) is 0 Å². The molecule has 0 amide bonds. The largest absolute Gasteiger partial charge is 0.497 e. The summed E-state index contributed by atoms with van der Waals surface area (Å²) < 4.78 is 5.69. The van der Waals surface area contributed by atoms with Crippen molar-refractivity contribution in [3.05, 3.63) is 47.7 Å². The minimum absolute atomic E-state index is 0.216. The number of benzene rings is 1. The molecule has 2 aliphatic rings. The molecule has 2 heteroatoms. The number of ether oxygens (including phenoxy) is 1. The zero-order valence-electron chi connectivity index (χ0n) is 9.76. The molecule has 1 saturated heterocycles. The average Bonchev–Trinajstić information content (AvgIpc) is 2.61. The summed E-state index contributed by atoms with van der Waals surface area (Å²) in [7, 11) is 0. The number of ketones is 1. The zero-order chi connectivity index (χ0) is 11.7. The van der Waals surface area contributed by atoms with Crippen LogP contribution in [0.15, 0.2) is 42.2 Å². The summed E-state index contributed by atoms with van der Waals surface area (Å²) in [5, 5.41) is 0. The van der Waals surface area contributed by atoms with Crippen molar-refractivity contribution in [1.82, 2.24) is 0 Å². The molecule has 1 aromatic carbocycles. The molecule has 1 fully saturated rings. The van der Waals surface area contributed by atoms with Crippen molar-refractivity contribution in [1.29, 1.82) is 0 Å². The normalized spacial score (nSPS) is 28.0. The van der Waals surface area contributed by atoms with Gasteiger partial charge in [0.05, 0.1) is 6.61 Å².